The van der Waals surface area contributed by atoms with Crippen molar-refractivity contribution in [3.05, 3.63) is 0 Å². The minimum absolute atomic E-state index is 0.673. The highest BCUT2D eigenvalue weighted by Gasteiger charge is 2.39. The zero-order chi connectivity index (χ0) is 17.5. The molecule has 0 atom stereocenters. The quantitative estimate of drug-likeness (QED) is 0.500. The third-order valence-electron chi connectivity index (χ3n) is 3.01. The Bertz CT molecular complexity index is 192. The topological polar surface area (TPSA) is 55.4 Å². The van der Waals surface area contributed by atoms with Crippen LogP contribution in [0.5, 0.6) is 0 Å². The third kappa shape index (κ3) is 9.36. The minimum atomic E-state index is -2.30. The predicted octanol–water partition coefficient (Wildman–Crippen LogP) is 3.33. The summed E-state index contributed by atoms with van der Waals surface area (Å²) in [6.07, 6.45) is 1.05. The summed E-state index contributed by atoms with van der Waals surface area (Å²) in [5, 5.41) is 0. The Hall–Kier alpha value is 0.194. The van der Waals surface area contributed by atoms with E-state index in [-0.39, 0.29) is 0 Å². The summed E-state index contributed by atoms with van der Waals surface area (Å²) in [6, 6.07) is 1.74. The first kappa shape index (κ1) is 24.4. The van der Waals surface area contributed by atoms with Crippen LogP contribution in [0.4, 0.5) is 0 Å². The van der Waals surface area contributed by atoms with Crippen molar-refractivity contribution in [3.8, 4) is 0 Å². The van der Waals surface area contributed by atoms with Crippen LogP contribution in [-0.4, -0.2) is 58.8 Å². The van der Waals surface area contributed by atoms with Crippen LogP contribution in [0, 0.1) is 0 Å². The van der Waals surface area contributed by atoms with Crippen molar-refractivity contribution in [3.63, 3.8) is 0 Å². The molecule has 0 N–H and O–H groups in total. The lowest BCUT2D eigenvalue weighted by Gasteiger charge is -2.27. The van der Waals surface area contributed by atoms with E-state index in [1.807, 2.05) is 27.7 Å². The molecule has 0 spiro atoms. The van der Waals surface area contributed by atoms with Crippen molar-refractivity contribution in [2.45, 2.75) is 53.1 Å². The second-order valence-electron chi connectivity index (χ2n) is 4.38. The molecule has 0 saturated heterocycles. The number of rotatable bonds is 12. The minimum Gasteiger partial charge on any atom is -0.377 e. The molecule has 22 heavy (non-hydrogen) atoms. The molecule has 8 heteroatoms. The Kier molecular flexibility index (Phi) is 16.4. The maximum Gasteiger partial charge on any atom is 0.500 e. The second-order valence-corrected chi connectivity index (χ2v) is 10.4. The molecule has 0 rings (SSSR count). The van der Waals surface area contributed by atoms with Gasteiger partial charge in [-0.05, 0) is 20.8 Å². The summed E-state index contributed by atoms with van der Waals surface area (Å²) < 4.78 is 32.2. The van der Waals surface area contributed by atoms with Gasteiger partial charge in [0.15, 0.2) is 0 Å². The van der Waals surface area contributed by atoms with E-state index in [2.05, 4.69) is 6.92 Å². The van der Waals surface area contributed by atoms with Gasteiger partial charge >= 0.3 is 17.6 Å². The van der Waals surface area contributed by atoms with Crippen LogP contribution >= 0.6 is 0 Å². The van der Waals surface area contributed by atoms with Crippen molar-refractivity contribution >= 4 is 17.6 Å². The second kappa shape index (κ2) is 14.8. The normalized spacial score (nSPS) is 12.0. The lowest BCUT2D eigenvalue weighted by Crippen LogP contribution is -2.45. The van der Waals surface area contributed by atoms with Crippen molar-refractivity contribution < 1.29 is 26.6 Å². The van der Waals surface area contributed by atoms with Crippen molar-refractivity contribution in [1.82, 2.24) is 0 Å². The molecule has 136 valence electrons. The molecule has 6 nitrogen and oxygen atoms in total. The lowest BCUT2D eigenvalue weighted by atomic mass is 10.6. The summed E-state index contributed by atoms with van der Waals surface area (Å²) in [5.74, 6) is 0. The Morgan fingerprint density at radius 1 is 0.591 bits per heavy atom. The Morgan fingerprint density at radius 3 is 1.09 bits per heavy atom. The van der Waals surface area contributed by atoms with Gasteiger partial charge in [-0.15, -0.1) is 0 Å². The molecule has 0 aliphatic carbocycles. The number of hydrogen-bond acceptors (Lipinski definition) is 6. The molecule has 0 unspecified atom stereocenters. The molecule has 0 amide bonds. The standard InChI is InChI=1S/C9H22O3Si.C5H14O3Si/c1-5-9-13(10-6-2,11-7-3)12-8-4;1-5-9(6-2,7-3)8-4/h5-9H2,1-4H3;5H2,1-4H3. The first-order valence-electron chi connectivity index (χ1n) is 8.06. The summed E-state index contributed by atoms with van der Waals surface area (Å²) in [7, 11) is 0.355. The molecule has 0 fully saturated rings. The van der Waals surface area contributed by atoms with Crippen LogP contribution in [0.1, 0.15) is 41.0 Å². The fourth-order valence-electron chi connectivity index (χ4n) is 1.99. The molecule has 0 bridgehead atoms. The summed E-state index contributed by atoms with van der Waals surface area (Å²) in [6.45, 7) is 12.1. The molecule has 0 aromatic rings. The predicted molar refractivity (Wildman–Crippen MR) is 93.0 cm³/mol. The van der Waals surface area contributed by atoms with Gasteiger partial charge in [0, 0.05) is 53.2 Å². The van der Waals surface area contributed by atoms with Crippen molar-refractivity contribution in [2.75, 3.05) is 41.2 Å². The monoisotopic (exact) mass is 356 g/mol. The van der Waals surface area contributed by atoms with Gasteiger partial charge in [0.25, 0.3) is 0 Å². The maximum absolute atomic E-state index is 5.65. The van der Waals surface area contributed by atoms with E-state index in [1.165, 1.54) is 0 Å². The third-order valence-corrected chi connectivity index (χ3v) is 9.04. The van der Waals surface area contributed by atoms with Gasteiger partial charge in [-0.2, -0.15) is 0 Å². The SMILES string of the molecule is CCC[Si](OCC)(OCC)OCC.CC[Si](OC)(OC)OC. The Morgan fingerprint density at radius 2 is 0.955 bits per heavy atom. The van der Waals surface area contributed by atoms with Crippen LogP contribution in [0.2, 0.25) is 12.1 Å². The van der Waals surface area contributed by atoms with E-state index in [0.29, 0.717) is 19.8 Å². The van der Waals surface area contributed by atoms with Crippen LogP contribution in [0.15, 0.2) is 0 Å². The molecule has 0 saturated carbocycles. The maximum atomic E-state index is 5.65. The van der Waals surface area contributed by atoms with Crippen LogP contribution in [-0.2, 0) is 26.6 Å². The average Bonchev–Trinajstić information content (AvgIpc) is 2.52. The van der Waals surface area contributed by atoms with E-state index in [4.69, 9.17) is 26.6 Å². The number of hydrogen-bond donors (Lipinski definition) is 0. The lowest BCUT2D eigenvalue weighted by molar-refractivity contribution is 0.0711. The van der Waals surface area contributed by atoms with Gasteiger partial charge < -0.3 is 26.6 Å². The summed E-state index contributed by atoms with van der Waals surface area (Å²) >= 11 is 0. The Balaban J connectivity index is 0. The van der Waals surface area contributed by atoms with E-state index in [1.54, 1.807) is 21.3 Å². The van der Waals surface area contributed by atoms with Crippen molar-refractivity contribution in [2.24, 2.45) is 0 Å². The highest BCUT2D eigenvalue weighted by molar-refractivity contribution is 6.60. The molecule has 0 heterocycles. The van der Waals surface area contributed by atoms with Gasteiger partial charge in [0.05, 0.1) is 0 Å². The van der Waals surface area contributed by atoms with Gasteiger partial charge in [-0.25, -0.2) is 0 Å². The molecule has 0 aliphatic rings. The average molecular weight is 357 g/mol. The van der Waals surface area contributed by atoms with Gasteiger partial charge in [-0.3, -0.25) is 0 Å². The van der Waals surface area contributed by atoms with Gasteiger partial charge in [0.1, 0.15) is 0 Å². The smallest absolute Gasteiger partial charge is 0.377 e. The van der Waals surface area contributed by atoms with E-state index in [9.17, 15) is 0 Å². The van der Waals surface area contributed by atoms with Gasteiger partial charge in [0.2, 0.25) is 0 Å². The fraction of sp³-hybridized carbons (Fsp3) is 1.00. The first-order valence-corrected chi connectivity index (χ1v) is 11.9. The zero-order valence-corrected chi connectivity index (χ0v) is 17.7. The largest absolute Gasteiger partial charge is 0.500 e. The van der Waals surface area contributed by atoms with E-state index >= 15 is 0 Å². The van der Waals surface area contributed by atoms with E-state index < -0.39 is 17.6 Å². The molecule has 0 aliphatic heterocycles. The fourth-order valence-corrected chi connectivity index (χ4v) is 5.97. The Labute approximate surface area is 139 Å². The van der Waals surface area contributed by atoms with Gasteiger partial charge in [-0.1, -0.05) is 20.3 Å². The van der Waals surface area contributed by atoms with Crippen LogP contribution in [0.25, 0.3) is 0 Å². The summed E-state index contributed by atoms with van der Waals surface area (Å²) in [4.78, 5) is 0. The summed E-state index contributed by atoms with van der Waals surface area (Å²) in [5.41, 5.74) is 0. The van der Waals surface area contributed by atoms with Crippen LogP contribution < -0.4 is 0 Å². The molecular formula is C14H36O6Si2. The highest BCUT2D eigenvalue weighted by atomic mass is 28.4. The molecule has 0 aromatic heterocycles. The zero-order valence-electron chi connectivity index (χ0n) is 15.7. The van der Waals surface area contributed by atoms with E-state index in [0.717, 1.165) is 18.5 Å². The molecule has 0 radical (unpaired) electrons. The first-order chi connectivity index (χ1) is 10.5. The molecule has 0 aromatic carbocycles. The molecular weight excluding hydrogens is 320 g/mol. The van der Waals surface area contributed by atoms with Crippen LogP contribution in [0.3, 0.4) is 0 Å². The highest BCUT2D eigenvalue weighted by Crippen LogP contribution is 2.17. The van der Waals surface area contributed by atoms with Crippen molar-refractivity contribution in [1.29, 1.82) is 0 Å².